The number of hydrogen-bond donors (Lipinski definition) is 1. The largest absolute Gasteiger partial charge is 0.434 e. The number of nitrogens with zero attached hydrogens (tertiary/aromatic N) is 2. The van der Waals surface area contributed by atoms with Crippen LogP contribution in [0.15, 0.2) is 48.5 Å². The second kappa shape index (κ2) is 8.70. The van der Waals surface area contributed by atoms with Crippen LogP contribution >= 0.6 is 7.14 Å². The lowest BCUT2D eigenvalue weighted by Crippen LogP contribution is -2.28. The first kappa shape index (κ1) is 24.7. The van der Waals surface area contributed by atoms with Crippen molar-refractivity contribution in [3.05, 3.63) is 82.7 Å². The summed E-state index contributed by atoms with van der Waals surface area (Å²) in [5.74, 6) is -1.28. The smallest absolute Gasteiger partial charge is 0.387 e. The molecule has 1 amide bonds. The Morgan fingerprint density at radius 3 is 2.63 bits per heavy atom. The SMILES string of the molecule is CP(C)(=O)Cc1cc(F)c(-c2ccc3nc4n(c3c2)[C@@H]2C[C@H]4NC(=O)c3cccc(OC(F)F)c32)cc1F. The number of imidazole rings is 1. The van der Waals surface area contributed by atoms with Gasteiger partial charge < -0.3 is 19.2 Å². The van der Waals surface area contributed by atoms with Crippen molar-refractivity contribution in [2.75, 3.05) is 13.3 Å². The number of ether oxygens (including phenoxy) is 1. The van der Waals surface area contributed by atoms with E-state index < -0.39 is 43.4 Å². The van der Waals surface area contributed by atoms with Gasteiger partial charge in [-0.25, -0.2) is 13.8 Å². The molecule has 2 aliphatic heterocycles. The number of carbonyl (C=O) groups is 1. The number of halogens is 4. The number of carbonyl (C=O) groups excluding carboxylic acids is 1. The average Bonchev–Trinajstić information content (AvgIpc) is 3.32. The number of hydrogen-bond acceptors (Lipinski definition) is 4. The number of benzene rings is 3. The van der Waals surface area contributed by atoms with Crippen LogP contribution in [0.3, 0.4) is 0 Å². The normalized spacial score (nSPS) is 18.3. The Balaban J connectivity index is 1.50. The molecular formula is C27H22F4N3O3P. The Hall–Kier alpha value is -3.65. The summed E-state index contributed by atoms with van der Waals surface area (Å²) in [5.41, 5.74) is 2.15. The quantitative estimate of drug-likeness (QED) is 0.231. The number of rotatable bonds is 5. The second-order valence-corrected chi connectivity index (χ2v) is 13.5. The van der Waals surface area contributed by atoms with Gasteiger partial charge in [-0.1, -0.05) is 12.1 Å². The second-order valence-electron chi connectivity index (χ2n) is 10.1. The van der Waals surface area contributed by atoms with Crippen LogP contribution in [0.25, 0.3) is 22.2 Å². The standard InChI is InChI=1S/C27H22F4N3O3P/c1-38(2,36)12-14-8-18(29)16(10-17(14)28)13-6-7-19-21(9-13)34-22-11-20(25(34)32-19)33-26(35)15-4-3-5-23(24(15)22)37-27(30)31/h3-10,20,22,27H,11-12H2,1-2H3,(H,33,35)/t20-,22-/m1/s1. The molecule has 38 heavy (non-hydrogen) atoms. The first-order valence-corrected chi connectivity index (χ1v) is 14.7. The summed E-state index contributed by atoms with van der Waals surface area (Å²) in [4.78, 5) is 17.6. The zero-order valence-electron chi connectivity index (χ0n) is 20.3. The van der Waals surface area contributed by atoms with Gasteiger partial charge in [0, 0.05) is 22.9 Å². The number of alkyl halides is 2. The van der Waals surface area contributed by atoms with Gasteiger partial charge in [-0.15, -0.1) is 0 Å². The maximum Gasteiger partial charge on any atom is 0.387 e. The Kier molecular flexibility index (Phi) is 5.65. The zero-order chi connectivity index (χ0) is 26.9. The van der Waals surface area contributed by atoms with Crippen molar-refractivity contribution < 1.29 is 31.7 Å². The fourth-order valence-electron chi connectivity index (χ4n) is 5.52. The molecule has 6 rings (SSSR count). The molecule has 0 spiro atoms. The van der Waals surface area contributed by atoms with Crippen LogP contribution in [-0.4, -0.2) is 35.4 Å². The molecule has 196 valence electrons. The molecule has 3 aromatic carbocycles. The van der Waals surface area contributed by atoms with E-state index in [1.54, 1.807) is 24.3 Å². The minimum atomic E-state index is -3.08. The molecule has 2 atom stereocenters. The highest BCUT2D eigenvalue weighted by molar-refractivity contribution is 7.61. The van der Waals surface area contributed by atoms with E-state index >= 15 is 4.39 Å². The van der Waals surface area contributed by atoms with E-state index in [0.29, 0.717) is 34.4 Å². The summed E-state index contributed by atoms with van der Waals surface area (Å²) in [6.07, 6.45) is 0.319. The lowest BCUT2D eigenvalue weighted by Gasteiger charge is -2.21. The number of amides is 1. The van der Waals surface area contributed by atoms with Crippen LogP contribution in [-0.2, 0) is 10.7 Å². The van der Waals surface area contributed by atoms with E-state index in [1.165, 1.54) is 25.5 Å². The number of fused-ring (bicyclic) bond motifs is 9. The van der Waals surface area contributed by atoms with E-state index in [-0.39, 0.29) is 28.6 Å². The molecular weight excluding hydrogens is 521 g/mol. The fraction of sp³-hybridized carbons (Fsp3) is 0.259. The van der Waals surface area contributed by atoms with E-state index in [1.807, 2.05) is 4.57 Å². The predicted molar refractivity (Wildman–Crippen MR) is 134 cm³/mol. The summed E-state index contributed by atoms with van der Waals surface area (Å²) in [6, 6.07) is 10.5. The molecule has 2 bridgehead atoms. The third-order valence-electron chi connectivity index (χ3n) is 6.96. The Morgan fingerprint density at radius 1 is 1.11 bits per heavy atom. The first-order valence-electron chi connectivity index (χ1n) is 11.9. The molecule has 11 heteroatoms. The lowest BCUT2D eigenvalue weighted by atomic mass is 9.97. The van der Waals surface area contributed by atoms with Crippen molar-refractivity contribution in [2.24, 2.45) is 0 Å². The molecule has 2 aliphatic rings. The van der Waals surface area contributed by atoms with Crippen molar-refractivity contribution in [1.29, 1.82) is 0 Å². The summed E-state index contributed by atoms with van der Waals surface area (Å²) < 4.78 is 75.3. The van der Waals surface area contributed by atoms with Crippen molar-refractivity contribution in [2.45, 2.75) is 31.3 Å². The third-order valence-corrected chi connectivity index (χ3v) is 8.06. The molecule has 0 fully saturated rings. The number of nitrogens with one attached hydrogen (secondary N) is 1. The molecule has 4 aromatic rings. The minimum absolute atomic E-state index is 0.0272. The van der Waals surface area contributed by atoms with Gasteiger partial charge in [0.1, 0.15) is 23.2 Å². The summed E-state index contributed by atoms with van der Waals surface area (Å²) in [5, 5.41) is 2.91. The zero-order valence-corrected chi connectivity index (χ0v) is 21.2. The van der Waals surface area contributed by atoms with Crippen LogP contribution in [0.5, 0.6) is 5.75 Å². The monoisotopic (exact) mass is 543 g/mol. The van der Waals surface area contributed by atoms with Gasteiger partial charge in [0.2, 0.25) is 0 Å². The van der Waals surface area contributed by atoms with Gasteiger partial charge in [-0.2, -0.15) is 8.78 Å². The molecule has 6 nitrogen and oxygen atoms in total. The van der Waals surface area contributed by atoms with Gasteiger partial charge in [-0.05, 0) is 67.3 Å². The molecule has 0 unspecified atom stereocenters. The van der Waals surface area contributed by atoms with E-state index in [9.17, 15) is 22.5 Å². The lowest BCUT2D eigenvalue weighted by molar-refractivity contribution is -0.0507. The summed E-state index contributed by atoms with van der Waals surface area (Å²) in [7, 11) is -2.62. The van der Waals surface area contributed by atoms with Crippen LogP contribution in [0.1, 0.15) is 45.8 Å². The highest BCUT2D eigenvalue weighted by atomic mass is 31.2. The van der Waals surface area contributed by atoms with Gasteiger partial charge in [0.15, 0.2) is 0 Å². The number of aromatic nitrogens is 2. The molecule has 1 aromatic heterocycles. The van der Waals surface area contributed by atoms with Crippen LogP contribution in [0.4, 0.5) is 17.6 Å². The molecule has 0 saturated heterocycles. The van der Waals surface area contributed by atoms with E-state index in [0.717, 1.165) is 12.1 Å². The van der Waals surface area contributed by atoms with Gasteiger partial charge in [-0.3, -0.25) is 4.79 Å². The molecule has 0 radical (unpaired) electrons. The Labute approximate surface area is 215 Å². The highest BCUT2D eigenvalue weighted by Crippen LogP contribution is 2.48. The van der Waals surface area contributed by atoms with Crippen LogP contribution < -0.4 is 10.1 Å². The van der Waals surface area contributed by atoms with Crippen molar-refractivity contribution in [1.82, 2.24) is 14.9 Å². The maximum atomic E-state index is 15.2. The fourth-order valence-corrected chi connectivity index (χ4v) is 6.58. The Morgan fingerprint density at radius 2 is 1.89 bits per heavy atom. The molecule has 3 heterocycles. The van der Waals surface area contributed by atoms with Crippen molar-refractivity contribution in [3.8, 4) is 16.9 Å². The van der Waals surface area contributed by atoms with E-state index in [2.05, 4.69) is 10.3 Å². The molecule has 0 saturated carbocycles. The summed E-state index contributed by atoms with van der Waals surface area (Å²) >= 11 is 0. The Bertz CT molecular complexity index is 1680. The molecule has 0 aliphatic carbocycles. The molecule has 1 N–H and O–H groups in total. The minimum Gasteiger partial charge on any atom is -0.434 e. The maximum absolute atomic E-state index is 15.2. The summed E-state index contributed by atoms with van der Waals surface area (Å²) in [6.45, 7) is -0.0438. The topological polar surface area (TPSA) is 73.2 Å². The first-order chi connectivity index (χ1) is 18.0. The van der Waals surface area contributed by atoms with Gasteiger partial charge in [0.25, 0.3) is 5.91 Å². The van der Waals surface area contributed by atoms with Crippen molar-refractivity contribution >= 4 is 24.1 Å². The van der Waals surface area contributed by atoms with Crippen molar-refractivity contribution in [3.63, 3.8) is 0 Å². The third kappa shape index (κ3) is 4.07. The van der Waals surface area contributed by atoms with Crippen LogP contribution in [0, 0.1) is 11.6 Å². The van der Waals surface area contributed by atoms with E-state index in [4.69, 9.17) is 4.74 Å². The average molecular weight is 543 g/mol. The van der Waals surface area contributed by atoms with Gasteiger partial charge in [0.05, 0.1) is 30.3 Å². The van der Waals surface area contributed by atoms with Gasteiger partial charge >= 0.3 is 6.61 Å². The van der Waals surface area contributed by atoms with Crippen LogP contribution in [0.2, 0.25) is 0 Å². The highest BCUT2D eigenvalue weighted by Gasteiger charge is 2.42. The predicted octanol–water partition coefficient (Wildman–Crippen LogP) is 6.48.